The Balaban J connectivity index is 0.000000153. The maximum absolute atomic E-state index is 13.8. The fourth-order valence-electron chi connectivity index (χ4n) is 12.5. The van der Waals surface area contributed by atoms with Gasteiger partial charge in [-0.15, -0.1) is 11.3 Å². The summed E-state index contributed by atoms with van der Waals surface area (Å²) >= 11 is 1.61. The average Bonchev–Trinajstić information content (AvgIpc) is 1.58. The number of fused-ring (bicyclic) bond motifs is 6. The summed E-state index contributed by atoms with van der Waals surface area (Å²) in [5.41, 5.74) is 9.38. The number of aryl methyl sites for hydroxylation is 6. The van der Waals surface area contributed by atoms with Gasteiger partial charge in [0, 0.05) is 37.9 Å². The van der Waals surface area contributed by atoms with Gasteiger partial charge in [0.25, 0.3) is 0 Å². The van der Waals surface area contributed by atoms with Crippen molar-refractivity contribution in [1.29, 1.82) is 0 Å². The highest BCUT2D eigenvalue weighted by atomic mass is 32.2. The quantitative estimate of drug-likeness (QED) is 0.113. The van der Waals surface area contributed by atoms with Crippen LogP contribution in [-0.4, -0.2) is 103 Å². The van der Waals surface area contributed by atoms with Crippen molar-refractivity contribution >= 4 is 70.2 Å². The number of methoxy groups -OCH3 is 2. The Kier molecular flexibility index (Phi) is 19.5. The van der Waals surface area contributed by atoms with Gasteiger partial charge in [-0.05, 0) is 226 Å². The lowest BCUT2D eigenvalue weighted by atomic mass is 9.91. The summed E-state index contributed by atoms with van der Waals surface area (Å²) in [5, 5.41) is 11.2. The van der Waals surface area contributed by atoms with E-state index in [-0.39, 0.29) is 25.6 Å². The van der Waals surface area contributed by atoms with Crippen LogP contribution < -0.4 is 14.2 Å². The van der Waals surface area contributed by atoms with Crippen LogP contribution in [0, 0.1) is 20.8 Å². The molecule has 16 nitrogen and oxygen atoms in total. The zero-order chi connectivity index (χ0) is 67.3. The second-order valence-electron chi connectivity index (χ2n) is 26.7. The van der Waals surface area contributed by atoms with Crippen LogP contribution in [-0.2, 0) is 77.0 Å². The van der Waals surface area contributed by atoms with Crippen LogP contribution >= 0.6 is 11.3 Å². The summed E-state index contributed by atoms with van der Waals surface area (Å²) in [7, 11) is -5.41. The highest BCUT2D eigenvalue weighted by Crippen LogP contribution is 2.51. The van der Waals surface area contributed by atoms with Gasteiger partial charge in [0.15, 0.2) is 18.3 Å². The zero-order valence-electron chi connectivity index (χ0n) is 55.3. The second kappa shape index (κ2) is 26.6. The molecule has 5 aliphatic heterocycles. The molecule has 19 heteroatoms. The molecular weight excluding hydrogens is 1240 g/mol. The minimum absolute atomic E-state index is 0.0692. The predicted octanol–water partition coefficient (Wildman–Crippen LogP) is 14.6. The largest absolute Gasteiger partial charge is 0.493 e. The first kappa shape index (κ1) is 68.2. The van der Waals surface area contributed by atoms with Crippen LogP contribution in [0.2, 0.25) is 0 Å². The van der Waals surface area contributed by atoms with Gasteiger partial charge >= 0.3 is 17.9 Å². The van der Waals surface area contributed by atoms with Gasteiger partial charge < -0.3 is 43.0 Å². The summed E-state index contributed by atoms with van der Waals surface area (Å²) in [6.07, 6.45) is 1.66. The number of esters is 2. The summed E-state index contributed by atoms with van der Waals surface area (Å²) in [5.74, 6) is 0.0858. The molecule has 0 saturated carbocycles. The van der Waals surface area contributed by atoms with E-state index in [2.05, 4.69) is 37.3 Å². The van der Waals surface area contributed by atoms with Crippen LogP contribution in [0.1, 0.15) is 148 Å². The third kappa shape index (κ3) is 14.1. The number of carboxylic acid groups (broad SMARTS) is 1. The highest BCUT2D eigenvalue weighted by molar-refractivity contribution is 7.96. The standard InChI is InChI=1S/C25H28O6S.C25H28O4S.C24H26O6S/c1-15-8-6-10-19-20(15)21(17-11-12-18-16(14-17)9-7-13-30-18)23(32(19,27)28)22(24(26)29-5)31-25(2,3)4;1-15-8-6-10-19-20(15)21(17-11-12-18-16(14-17)9-7-13-28-18)23(30-19)22(24(26)27-5)29-25(2,3)4;1-14-7-5-9-18-19(14)20(16-10-11-17-15(13-16)8-6-12-29-17)22(31(18,27)28)21(23(25)26)30-24(2,3)4/h6,8,10-12,14,22H,7,9,13H2,1-5H3;6,8,10-12,14,22H,7,9,13H2,1-5H3;5,7,9-11,13,21H,6,8,12H2,1-4H3,(H,25,26). The first-order chi connectivity index (χ1) is 43.8. The van der Waals surface area contributed by atoms with E-state index in [9.17, 15) is 36.3 Å². The Hall–Kier alpha value is -7.65. The molecule has 5 aliphatic rings. The van der Waals surface area contributed by atoms with Gasteiger partial charge in [-0.3, -0.25) is 0 Å². The Morgan fingerprint density at radius 2 is 0.860 bits per heavy atom. The number of sulfone groups is 2. The maximum Gasteiger partial charge on any atom is 0.340 e. The maximum atomic E-state index is 13.8. The molecular formula is C74H82O16S3. The lowest BCUT2D eigenvalue weighted by Gasteiger charge is -2.27. The molecule has 492 valence electrons. The van der Waals surface area contributed by atoms with Gasteiger partial charge in [0.1, 0.15) is 17.2 Å². The SMILES string of the molecule is COC(=O)C(OC(C)(C)C)C1=C(c2ccc3c(c2)CCCO3)c2c(C)cccc2S1(=O)=O.COC(=O)C(OC(C)(C)C)c1sc2cccc(C)c2c1-c1ccc2c(c1)CCCO2.Cc1cccc2c1C(c1ccc3c(c1)CCCO3)=C(C(OC(C)(C)C)C(=O)O)S2(=O)=O. The molecule has 0 spiro atoms. The van der Waals surface area contributed by atoms with Gasteiger partial charge in [0.2, 0.25) is 19.7 Å². The fourth-order valence-corrected chi connectivity index (χ4v) is 17.7. The normalized spacial score (nSPS) is 17.0. The molecule has 7 aromatic rings. The van der Waals surface area contributed by atoms with Crippen molar-refractivity contribution in [2.75, 3.05) is 34.0 Å². The van der Waals surface area contributed by atoms with E-state index < -0.39 is 66.7 Å². The van der Waals surface area contributed by atoms with Gasteiger partial charge in [0.05, 0.1) is 75.3 Å². The van der Waals surface area contributed by atoms with Crippen molar-refractivity contribution in [3.8, 4) is 28.4 Å². The molecule has 0 aliphatic carbocycles. The van der Waals surface area contributed by atoms with Crippen molar-refractivity contribution < 1.29 is 74.2 Å². The van der Waals surface area contributed by atoms with E-state index in [1.54, 1.807) is 77.1 Å². The van der Waals surface area contributed by atoms with Crippen molar-refractivity contribution in [2.45, 2.75) is 167 Å². The summed E-state index contributed by atoms with van der Waals surface area (Å²) in [4.78, 5) is 38.8. The number of thiophene rings is 1. The molecule has 3 atom stereocenters. The van der Waals surface area contributed by atoms with E-state index in [4.69, 9.17) is 37.9 Å². The topological polar surface area (TPSA) is 214 Å². The van der Waals surface area contributed by atoms with Crippen molar-refractivity contribution in [1.82, 2.24) is 0 Å². The predicted molar refractivity (Wildman–Crippen MR) is 360 cm³/mol. The molecule has 1 aromatic heterocycles. The number of benzene rings is 6. The monoisotopic (exact) mass is 1320 g/mol. The Morgan fingerprint density at radius 1 is 0.484 bits per heavy atom. The molecule has 3 unspecified atom stereocenters. The molecule has 0 bridgehead atoms. The van der Waals surface area contributed by atoms with Gasteiger partial charge in [-0.2, -0.15) is 0 Å². The second-order valence-corrected chi connectivity index (χ2v) is 31.6. The number of carboxylic acids is 1. The molecule has 6 aromatic carbocycles. The number of hydrogen-bond acceptors (Lipinski definition) is 16. The van der Waals surface area contributed by atoms with E-state index in [1.807, 2.05) is 83.1 Å². The zero-order valence-corrected chi connectivity index (χ0v) is 57.7. The van der Waals surface area contributed by atoms with E-state index in [0.717, 1.165) is 105 Å². The van der Waals surface area contributed by atoms with E-state index in [1.165, 1.54) is 36.8 Å². The first-order valence-corrected chi connectivity index (χ1v) is 35.0. The number of carbonyl (C=O) groups excluding carboxylic acids is 2. The van der Waals surface area contributed by atoms with E-state index >= 15 is 0 Å². The lowest BCUT2D eigenvalue weighted by Crippen LogP contribution is -2.37. The molecule has 0 amide bonds. The number of ether oxygens (including phenoxy) is 8. The number of rotatable bonds is 12. The highest BCUT2D eigenvalue weighted by Gasteiger charge is 2.48. The minimum Gasteiger partial charge on any atom is -0.493 e. The molecule has 6 heterocycles. The first-order valence-electron chi connectivity index (χ1n) is 31.2. The average molecular weight is 1320 g/mol. The fraction of sp³-hybridized carbons (Fsp3) is 0.392. The van der Waals surface area contributed by atoms with Gasteiger partial charge in [-0.1, -0.05) is 54.6 Å². The third-order valence-corrected chi connectivity index (χ3v) is 21.4. The summed E-state index contributed by atoms with van der Waals surface area (Å²) in [6, 6.07) is 34.0. The lowest BCUT2D eigenvalue weighted by molar-refractivity contribution is -0.163. The van der Waals surface area contributed by atoms with Crippen LogP contribution in [0.25, 0.3) is 32.4 Å². The Morgan fingerprint density at radius 3 is 1.29 bits per heavy atom. The third-order valence-electron chi connectivity index (χ3n) is 16.3. The Labute approximate surface area is 549 Å². The molecule has 0 radical (unpaired) electrons. The molecule has 0 fully saturated rings. The minimum atomic E-state index is -4.06. The number of hydrogen-bond donors (Lipinski definition) is 1. The molecule has 1 N–H and O–H groups in total. The van der Waals surface area contributed by atoms with Crippen molar-refractivity contribution in [3.05, 3.63) is 180 Å². The van der Waals surface area contributed by atoms with Crippen molar-refractivity contribution in [3.63, 3.8) is 0 Å². The molecule has 0 saturated heterocycles. The van der Waals surface area contributed by atoms with Crippen LogP contribution in [0.3, 0.4) is 0 Å². The number of carbonyl (C=O) groups is 3. The Bertz CT molecular complexity index is 4400. The van der Waals surface area contributed by atoms with Crippen molar-refractivity contribution in [2.24, 2.45) is 0 Å². The molecule has 93 heavy (non-hydrogen) atoms. The summed E-state index contributed by atoms with van der Waals surface area (Å²) < 4.78 is 101. The summed E-state index contributed by atoms with van der Waals surface area (Å²) in [6.45, 7) is 24.2. The smallest absolute Gasteiger partial charge is 0.340 e. The van der Waals surface area contributed by atoms with Gasteiger partial charge in [-0.25, -0.2) is 31.2 Å². The number of aliphatic carboxylic acids is 1. The molecule has 12 rings (SSSR count). The van der Waals surface area contributed by atoms with Crippen LogP contribution in [0.15, 0.2) is 129 Å². The van der Waals surface area contributed by atoms with E-state index in [0.29, 0.717) is 46.6 Å². The van der Waals surface area contributed by atoms with Crippen LogP contribution in [0.5, 0.6) is 17.2 Å². The van der Waals surface area contributed by atoms with Crippen LogP contribution in [0.4, 0.5) is 0 Å².